The second kappa shape index (κ2) is 8.46. The van der Waals surface area contributed by atoms with Gasteiger partial charge in [0.15, 0.2) is 0 Å². The quantitative estimate of drug-likeness (QED) is 0.642. The lowest BCUT2D eigenvalue weighted by molar-refractivity contribution is -0.137. The van der Waals surface area contributed by atoms with E-state index in [9.17, 15) is 22.8 Å². The van der Waals surface area contributed by atoms with Gasteiger partial charge >= 0.3 is 6.18 Å². The average molecular weight is 400 g/mol. The topological polar surface area (TPSA) is 96.7 Å². The molecular weight excluding hydrogens is 377 g/mol. The Morgan fingerprint density at radius 2 is 2.11 bits per heavy atom. The first kappa shape index (κ1) is 20.6. The lowest BCUT2D eigenvalue weighted by Crippen LogP contribution is -2.46. The first-order valence-corrected chi connectivity index (χ1v) is 9.13. The van der Waals surface area contributed by atoms with Gasteiger partial charge in [-0.15, -0.1) is 0 Å². The Bertz CT molecular complexity index is 737. The highest BCUT2D eigenvalue weighted by Crippen LogP contribution is 2.37. The molecule has 1 saturated carbocycles. The molecule has 1 aromatic carbocycles. The Morgan fingerprint density at radius 3 is 2.71 bits per heavy atom. The van der Waals surface area contributed by atoms with Crippen LogP contribution in [0.4, 0.5) is 24.5 Å². The fraction of sp³-hybridized carbons (Fsp3) is 0.556. The highest BCUT2D eigenvalue weighted by Gasteiger charge is 2.36. The molecule has 1 aliphatic carbocycles. The molecule has 2 fully saturated rings. The van der Waals surface area contributed by atoms with Gasteiger partial charge in [0, 0.05) is 18.8 Å². The molecule has 2 aliphatic rings. The number of carbonyl (C=O) groups is 2. The highest BCUT2D eigenvalue weighted by molar-refractivity contribution is 5.97. The van der Waals surface area contributed by atoms with Crippen LogP contribution in [0.1, 0.15) is 18.4 Å². The van der Waals surface area contributed by atoms with Gasteiger partial charge in [-0.25, -0.2) is 0 Å². The largest absolute Gasteiger partial charge is 0.418 e. The highest BCUT2D eigenvalue weighted by atomic mass is 19.4. The minimum Gasteiger partial charge on any atom is -0.370 e. The number of nitrogens with one attached hydrogen (secondary N) is 2. The van der Waals surface area contributed by atoms with Crippen LogP contribution in [0.5, 0.6) is 0 Å². The summed E-state index contributed by atoms with van der Waals surface area (Å²) in [4.78, 5) is 25.5. The van der Waals surface area contributed by atoms with Crippen molar-refractivity contribution in [3.63, 3.8) is 0 Å². The van der Waals surface area contributed by atoms with Gasteiger partial charge in [-0.1, -0.05) is 0 Å². The molecule has 0 spiro atoms. The zero-order chi connectivity index (χ0) is 20.3. The van der Waals surface area contributed by atoms with Gasteiger partial charge in [0.25, 0.3) is 5.91 Å². The van der Waals surface area contributed by atoms with Gasteiger partial charge in [-0.2, -0.15) is 13.2 Å². The van der Waals surface area contributed by atoms with Crippen LogP contribution in [-0.4, -0.2) is 50.7 Å². The van der Waals surface area contributed by atoms with Crippen LogP contribution in [-0.2, 0) is 20.5 Å². The normalized spacial score (nSPS) is 18.9. The number of nitrogens with zero attached hydrogens (tertiary/aromatic N) is 1. The summed E-state index contributed by atoms with van der Waals surface area (Å²) in [7, 11) is 0. The summed E-state index contributed by atoms with van der Waals surface area (Å²) in [6, 6.07) is 2.63. The Balaban J connectivity index is 1.79. The van der Waals surface area contributed by atoms with E-state index in [1.807, 2.05) is 0 Å². The lowest BCUT2D eigenvalue weighted by atomic mass is 10.1. The van der Waals surface area contributed by atoms with E-state index in [0.29, 0.717) is 12.5 Å². The van der Waals surface area contributed by atoms with Gasteiger partial charge in [-0.3, -0.25) is 9.59 Å². The van der Waals surface area contributed by atoms with Crippen molar-refractivity contribution >= 4 is 23.2 Å². The number of hydrogen-bond donors (Lipinski definition) is 3. The summed E-state index contributed by atoms with van der Waals surface area (Å²) >= 11 is 0. The summed E-state index contributed by atoms with van der Waals surface area (Å²) in [5.41, 5.74) is 4.32. The molecule has 0 unspecified atom stereocenters. The van der Waals surface area contributed by atoms with E-state index in [2.05, 4.69) is 10.6 Å². The van der Waals surface area contributed by atoms with E-state index in [4.69, 9.17) is 10.5 Å². The number of amides is 2. The number of alkyl halides is 3. The molecule has 1 aromatic rings. The van der Waals surface area contributed by atoms with Crippen molar-refractivity contribution in [1.29, 1.82) is 0 Å². The number of ether oxygens (including phenoxy) is 1. The molecule has 154 valence electrons. The lowest BCUT2D eigenvalue weighted by Gasteiger charge is -2.28. The number of rotatable bonds is 7. The summed E-state index contributed by atoms with van der Waals surface area (Å²) in [6.45, 7) is 0.822. The molecule has 2 amide bonds. The average Bonchev–Trinajstić information content (AvgIpc) is 3.46. The first-order chi connectivity index (χ1) is 13.3. The smallest absolute Gasteiger partial charge is 0.370 e. The van der Waals surface area contributed by atoms with Crippen LogP contribution in [0.2, 0.25) is 0 Å². The molecule has 10 heteroatoms. The van der Waals surface area contributed by atoms with Crippen LogP contribution in [0.3, 0.4) is 0 Å². The molecule has 1 saturated heterocycles. The molecule has 3 rings (SSSR count). The van der Waals surface area contributed by atoms with Crippen LogP contribution >= 0.6 is 0 Å². The van der Waals surface area contributed by atoms with Gasteiger partial charge < -0.3 is 26.0 Å². The van der Waals surface area contributed by atoms with E-state index in [-0.39, 0.29) is 37.7 Å². The number of carbonyl (C=O) groups excluding carboxylic acids is 2. The van der Waals surface area contributed by atoms with Crippen LogP contribution in [0, 0.1) is 5.92 Å². The van der Waals surface area contributed by atoms with Gasteiger partial charge in [-0.05, 0) is 43.5 Å². The summed E-state index contributed by atoms with van der Waals surface area (Å²) in [5, 5.41) is 5.32. The van der Waals surface area contributed by atoms with Gasteiger partial charge in [0.05, 0.1) is 23.9 Å². The molecule has 4 N–H and O–H groups in total. The second-order valence-electron chi connectivity index (χ2n) is 6.95. The number of anilines is 2. The monoisotopic (exact) mass is 400 g/mol. The van der Waals surface area contributed by atoms with Crippen molar-refractivity contribution in [1.82, 2.24) is 5.32 Å². The SMILES string of the molecule is NC[C@H](NCC1CC1)C(=O)Nc1ccc(N2CCOCC2=O)cc1C(F)(F)F. The molecule has 7 nitrogen and oxygen atoms in total. The van der Waals surface area contributed by atoms with Crippen LogP contribution in [0.25, 0.3) is 0 Å². The second-order valence-corrected chi connectivity index (χ2v) is 6.95. The van der Waals surface area contributed by atoms with Crippen molar-refractivity contribution in [2.45, 2.75) is 25.1 Å². The van der Waals surface area contributed by atoms with E-state index < -0.39 is 29.6 Å². The molecule has 0 aromatic heterocycles. The summed E-state index contributed by atoms with van der Waals surface area (Å²) in [5.74, 6) is -0.537. The Labute approximate surface area is 160 Å². The van der Waals surface area contributed by atoms with E-state index >= 15 is 0 Å². The maximum Gasteiger partial charge on any atom is 0.418 e. The Hall–Kier alpha value is -2.17. The van der Waals surface area contributed by atoms with Crippen LogP contribution in [0.15, 0.2) is 18.2 Å². The minimum absolute atomic E-state index is 0.0275. The fourth-order valence-electron chi connectivity index (χ4n) is 2.97. The third-order valence-corrected chi connectivity index (χ3v) is 4.77. The van der Waals surface area contributed by atoms with Crippen molar-refractivity contribution in [2.24, 2.45) is 11.7 Å². The molecular formula is C18H23F3N4O3. The predicted molar refractivity (Wildman–Crippen MR) is 96.8 cm³/mol. The fourth-order valence-corrected chi connectivity index (χ4v) is 2.97. The van der Waals surface area contributed by atoms with Crippen molar-refractivity contribution in [2.75, 3.05) is 43.1 Å². The van der Waals surface area contributed by atoms with Crippen molar-refractivity contribution < 1.29 is 27.5 Å². The van der Waals surface area contributed by atoms with Gasteiger partial charge in [0.2, 0.25) is 5.91 Å². The number of morpholine rings is 1. The number of nitrogens with two attached hydrogens (primary N) is 1. The minimum atomic E-state index is -4.70. The van der Waals surface area contributed by atoms with E-state index in [1.165, 1.54) is 11.0 Å². The molecule has 28 heavy (non-hydrogen) atoms. The molecule has 1 aliphatic heterocycles. The number of hydrogen-bond acceptors (Lipinski definition) is 5. The van der Waals surface area contributed by atoms with Crippen molar-refractivity contribution in [3.05, 3.63) is 23.8 Å². The standard InChI is InChI=1S/C18H23F3N4O3/c19-18(20,21)13-7-12(25-5-6-28-10-16(25)26)3-4-14(13)24-17(27)15(8-22)23-9-11-1-2-11/h3-4,7,11,15,23H,1-2,5-6,8-10,22H2,(H,24,27)/t15-/m0/s1. The third kappa shape index (κ3) is 5.00. The summed E-state index contributed by atoms with van der Waals surface area (Å²) in [6.07, 6.45) is -2.55. The van der Waals surface area contributed by atoms with Gasteiger partial charge in [0.1, 0.15) is 6.61 Å². The molecule has 0 radical (unpaired) electrons. The maximum absolute atomic E-state index is 13.6. The Morgan fingerprint density at radius 1 is 1.36 bits per heavy atom. The predicted octanol–water partition coefficient (Wildman–Crippen LogP) is 1.33. The third-order valence-electron chi connectivity index (χ3n) is 4.77. The van der Waals surface area contributed by atoms with E-state index in [0.717, 1.165) is 25.0 Å². The Kier molecular flexibility index (Phi) is 6.21. The van der Waals surface area contributed by atoms with Crippen molar-refractivity contribution in [3.8, 4) is 0 Å². The number of benzene rings is 1. The first-order valence-electron chi connectivity index (χ1n) is 9.13. The zero-order valence-electron chi connectivity index (χ0n) is 15.2. The van der Waals surface area contributed by atoms with Crippen LogP contribution < -0.4 is 21.3 Å². The number of halogens is 3. The molecule has 0 bridgehead atoms. The van der Waals surface area contributed by atoms with E-state index in [1.54, 1.807) is 0 Å². The zero-order valence-corrected chi connectivity index (χ0v) is 15.2. The maximum atomic E-state index is 13.6. The summed E-state index contributed by atoms with van der Waals surface area (Å²) < 4.78 is 45.7. The molecule has 1 heterocycles. The molecule has 1 atom stereocenters.